The fourth-order valence-electron chi connectivity index (χ4n) is 2.98. The number of carboxylic acid groups (broad SMARTS) is 1. The van der Waals surface area contributed by atoms with Crippen molar-refractivity contribution in [3.8, 4) is 11.5 Å². The van der Waals surface area contributed by atoms with Gasteiger partial charge in [-0.2, -0.15) is 13.2 Å². The number of anilines is 2. The maximum Gasteiger partial charge on any atom is 0.490 e. The summed E-state index contributed by atoms with van der Waals surface area (Å²) < 4.78 is 48.4. The Bertz CT molecular complexity index is 1420. The van der Waals surface area contributed by atoms with Crippen molar-refractivity contribution < 1.29 is 46.9 Å². The molecule has 5 N–H and O–H groups in total. The van der Waals surface area contributed by atoms with Crippen LogP contribution in [0.5, 0.6) is 11.5 Å². The average molecular weight is 642 g/mol. The molecule has 0 fully saturated rings. The maximum atomic E-state index is 13.3. The number of rotatable bonds is 12. The first-order valence-corrected chi connectivity index (χ1v) is 13.1. The molecule has 0 spiro atoms. The summed E-state index contributed by atoms with van der Waals surface area (Å²) in [6.07, 6.45) is -2.22. The van der Waals surface area contributed by atoms with Gasteiger partial charge in [-0.25, -0.2) is 14.8 Å². The number of methoxy groups -OCH3 is 1. The lowest BCUT2D eigenvalue weighted by atomic mass is 9.95. The summed E-state index contributed by atoms with van der Waals surface area (Å²) in [6, 6.07) is 11.2. The molecule has 2 amide bonds. The van der Waals surface area contributed by atoms with E-state index in [1.54, 1.807) is 49.6 Å². The van der Waals surface area contributed by atoms with Crippen molar-refractivity contribution in [3.05, 3.63) is 71.1 Å². The zero-order chi connectivity index (χ0) is 32.9. The number of benzene rings is 1. The van der Waals surface area contributed by atoms with Crippen molar-refractivity contribution in [1.82, 2.24) is 9.97 Å². The molecule has 0 saturated carbocycles. The predicted molar refractivity (Wildman–Crippen MR) is 155 cm³/mol. The highest BCUT2D eigenvalue weighted by Crippen LogP contribution is 2.28. The molecule has 0 bridgehead atoms. The molecule has 0 aliphatic rings. The number of hydrogen-bond donors (Lipinski definition) is 4. The number of ether oxygens (including phenoxy) is 3. The quantitative estimate of drug-likeness (QED) is 0.204. The summed E-state index contributed by atoms with van der Waals surface area (Å²) in [4.78, 5) is 43.3. The molecule has 44 heavy (non-hydrogen) atoms. The third-order valence-electron chi connectivity index (χ3n) is 5.41. The van der Waals surface area contributed by atoms with E-state index < -0.39 is 24.0 Å². The molecule has 0 aliphatic heterocycles. The van der Waals surface area contributed by atoms with Crippen LogP contribution in [0.4, 0.5) is 24.7 Å². The molecule has 2 aromatic heterocycles. The minimum Gasteiger partial charge on any atom is -0.492 e. The SMILES string of the molecule is COCCOc1ccc(C(=O)Nc2cccnc2C(=O)Nc2ccc(Cl)cn2)c(OCC(C)(C)CN)c1.O=C(O)C(F)(F)F. The number of halogens is 4. The van der Waals surface area contributed by atoms with Crippen LogP contribution in [0.2, 0.25) is 5.02 Å². The van der Waals surface area contributed by atoms with E-state index in [4.69, 9.17) is 41.4 Å². The van der Waals surface area contributed by atoms with E-state index >= 15 is 0 Å². The highest BCUT2D eigenvalue weighted by atomic mass is 35.5. The Morgan fingerprint density at radius 1 is 1.00 bits per heavy atom. The zero-order valence-electron chi connectivity index (χ0n) is 23.9. The molecule has 0 unspecified atom stereocenters. The van der Waals surface area contributed by atoms with Crippen LogP contribution in [0, 0.1) is 5.41 Å². The molecule has 0 atom stereocenters. The van der Waals surface area contributed by atoms with Crippen LogP contribution in [0.25, 0.3) is 0 Å². The van der Waals surface area contributed by atoms with Gasteiger partial charge in [-0.1, -0.05) is 25.4 Å². The van der Waals surface area contributed by atoms with Crippen molar-refractivity contribution in [2.45, 2.75) is 20.0 Å². The van der Waals surface area contributed by atoms with Gasteiger partial charge in [-0.05, 0) is 36.4 Å². The number of alkyl halides is 3. The number of aliphatic carboxylic acids is 1. The first kappa shape index (κ1) is 35.7. The third kappa shape index (κ3) is 11.7. The molecule has 238 valence electrons. The first-order chi connectivity index (χ1) is 20.7. The second-order valence-corrected chi connectivity index (χ2v) is 10.1. The van der Waals surface area contributed by atoms with Crippen LogP contribution >= 0.6 is 11.6 Å². The molecule has 0 aliphatic carbocycles. The minimum absolute atomic E-state index is 0.0128. The maximum absolute atomic E-state index is 13.3. The number of aromatic nitrogens is 2. The van der Waals surface area contributed by atoms with Crippen LogP contribution in [-0.4, -0.2) is 72.5 Å². The van der Waals surface area contributed by atoms with E-state index in [2.05, 4.69) is 20.6 Å². The van der Waals surface area contributed by atoms with Gasteiger partial charge in [-0.3, -0.25) is 9.59 Å². The van der Waals surface area contributed by atoms with Crippen LogP contribution in [0.3, 0.4) is 0 Å². The van der Waals surface area contributed by atoms with E-state index in [1.165, 1.54) is 12.4 Å². The van der Waals surface area contributed by atoms with E-state index in [0.29, 0.717) is 42.1 Å². The Labute approximate surface area is 255 Å². The number of nitrogens with zero attached hydrogens (tertiary/aromatic N) is 2. The normalized spacial score (nSPS) is 11.1. The predicted octanol–water partition coefficient (Wildman–Crippen LogP) is 4.66. The summed E-state index contributed by atoms with van der Waals surface area (Å²) in [5, 5.41) is 13.0. The number of carboxylic acids is 1. The lowest BCUT2D eigenvalue weighted by Gasteiger charge is -2.23. The number of nitrogens with two attached hydrogens (primary N) is 1. The molecule has 3 aromatic rings. The van der Waals surface area contributed by atoms with E-state index in [-0.39, 0.29) is 29.0 Å². The molecule has 12 nitrogen and oxygen atoms in total. The van der Waals surface area contributed by atoms with Gasteiger partial charge in [0.15, 0.2) is 5.69 Å². The highest BCUT2D eigenvalue weighted by molar-refractivity contribution is 6.30. The van der Waals surface area contributed by atoms with Crippen molar-refractivity contribution in [3.63, 3.8) is 0 Å². The van der Waals surface area contributed by atoms with Gasteiger partial charge in [0.1, 0.15) is 23.9 Å². The summed E-state index contributed by atoms with van der Waals surface area (Å²) in [5.74, 6) is -2.67. The summed E-state index contributed by atoms with van der Waals surface area (Å²) in [5.41, 5.74) is 6.00. The van der Waals surface area contributed by atoms with Crippen molar-refractivity contribution >= 4 is 40.9 Å². The molecule has 1 aromatic carbocycles. The Morgan fingerprint density at radius 3 is 2.30 bits per heavy atom. The number of nitrogens with one attached hydrogen (secondary N) is 2. The van der Waals surface area contributed by atoms with E-state index in [0.717, 1.165) is 0 Å². The van der Waals surface area contributed by atoms with E-state index in [1.807, 2.05) is 13.8 Å². The number of pyridine rings is 2. The fraction of sp³-hybridized carbons (Fsp3) is 0.321. The van der Waals surface area contributed by atoms with Crippen LogP contribution in [0.1, 0.15) is 34.7 Å². The van der Waals surface area contributed by atoms with Gasteiger partial charge in [0.25, 0.3) is 11.8 Å². The van der Waals surface area contributed by atoms with Gasteiger partial charge in [0, 0.05) is 37.5 Å². The molecular weight excluding hydrogens is 611 g/mol. The highest BCUT2D eigenvalue weighted by Gasteiger charge is 2.38. The van der Waals surface area contributed by atoms with Crippen LogP contribution in [-0.2, 0) is 9.53 Å². The number of carbonyl (C=O) groups excluding carboxylic acids is 2. The van der Waals surface area contributed by atoms with Crippen LogP contribution < -0.4 is 25.8 Å². The summed E-state index contributed by atoms with van der Waals surface area (Å²) in [6.45, 7) is 5.35. The lowest BCUT2D eigenvalue weighted by molar-refractivity contribution is -0.192. The van der Waals surface area contributed by atoms with Crippen molar-refractivity contribution in [1.29, 1.82) is 0 Å². The standard InChI is InChI=1S/C26H30ClN5O5.C2HF3O2/c1-26(2,15-28)16-37-21-13-18(36-12-11-35-3)7-8-19(21)24(33)31-20-5-4-10-29-23(20)25(34)32-22-9-6-17(27)14-30-22;3-2(4,5)1(6)7/h4-10,13-14H,11-12,15-16,28H2,1-3H3,(H,31,33)(H,30,32,34);(H,6,7). The topological polar surface area (TPSA) is 175 Å². The first-order valence-electron chi connectivity index (χ1n) is 12.7. The lowest BCUT2D eigenvalue weighted by Crippen LogP contribution is -2.30. The van der Waals surface area contributed by atoms with Crippen molar-refractivity contribution in [2.24, 2.45) is 11.1 Å². The molecular formula is C28H31ClF3N5O7. The van der Waals surface area contributed by atoms with Crippen LogP contribution in [0.15, 0.2) is 54.9 Å². The molecule has 16 heteroatoms. The number of carbonyl (C=O) groups is 3. The largest absolute Gasteiger partial charge is 0.492 e. The minimum atomic E-state index is -5.08. The number of hydrogen-bond acceptors (Lipinski definition) is 9. The Hall–Kier alpha value is -4.47. The smallest absolute Gasteiger partial charge is 0.490 e. The monoisotopic (exact) mass is 641 g/mol. The average Bonchev–Trinajstić information content (AvgIpc) is 2.97. The summed E-state index contributed by atoms with van der Waals surface area (Å²) >= 11 is 5.85. The van der Waals surface area contributed by atoms with E-state index in [9.17, 15) is 22.8 Å². The Balaban J connectivity index is 0.000000860. The van der Waals surface area contributed by atoms with Crippen molar-refractivity contribution in [2.75, 3.05) is 44.1 Å². The van der Waals surface area contributed by atoms with Gasteiger partial charge < -0.3 is 35.7 Å². The summed E-state index contributed by atoms with van der Waals surface area (Å²) in [7, 11) is 1.58. The van der Waals surface area contributed by atoms with Gasteiger partial charge >= 0.3 is 12.1 Å². The third-order valence-corrected chi connectivity index (χ3v) is 5.63. The molecule has 0 saturated heterocycles. The second kappa shape index (κ2) is 16.4. The van der Waals surface area contributed by atoms with Gasteiger partial charge in [0.2, 0.25) is 0 Å². The molecule has 3 rings (SSSR count). The Kier molecular flexibility index (Phi) is 13.3. The Morgan fingerprint density at radius 2 is 1.70 bits per heavy atom. The molecule has 0 radical (unpaired) electrons. The van der Waals surface area contributed by atoms with Gasteiger partial charge in [0.05, 0.1) is 29.5 Å². The van der Waals surface area contributed by atoms with Gasteiger partial charge in [-0.15, -0.1) is 0 Å². The molecule has 2 heterocycles. The second-order valence-electron chi connectivity index (χ2n) is 9.63. The zero-order valence-corrected chi connectivity index (χ0v) is 24.7. The number of amides is 2. The fourth-order valence-corrected chi connectivity index (χ4v) is 3.09.